The molecule has 1 aromatic heterocycles. The second-order valence-electron chi connectivity index (χ2n) is 6.83. The molecule has 136 valence electrons. The van der Waals surface area contributed by atoms with E-state index in [9.17, 15) is 9.59 Å². The molecule has 27 heavy (non-hydrogen) atoms. The number of nitrogens with zero attached hydrogens (tertiary/aromatic N) is 2. The molecule has 1 N–H and O–H groups in total. The summed E-state index contributed by atoms with van der Waals surface area (Å²) >= 11 is 0. The number of para-hydroxylation sites is 1. The molecule has 2 aromatic carbocycles. The lowest BCUT2D eigenvalue weighted by Gasteiger charge is -2.19. The first kappa shape index (κ1) is 17.2. The molecule has 0 aliphatic carbocycles. The standard InChI is InChI=1S/C22H21N3O2/c1-15-7-4-9-18(22(27)25-13-2-3-14-25)20(15)24-21(26)17-8-5-11-19-16(17)10-6-12-23-19/h4-12H,2-3,13-14H2,1H3,(H,24,26). The molecule has 0 radical (unpaired) electrons. The highest BCUT2D eigenvalue weighted by atomic mass is 16.2. The minimum Gasteiger partial charge on any atom is -0.339 e. The normalized spacial score (nSPS) is 13.7. The summed E-state index contributed by atoms with van der Waals surface area (Å²) in [6.07, 6.45) is 3.77. The van der Waals surface area contributed by atoms with E-state index in [-0.39, 0.29) is 11.8 Å². The fraction of sp³-hybridized carbons (Fsp3) is 0.227. The number of pyridine rings is 1. The van der Waals surface area contributed by atoms with Crippen LogP contribution in [0, 0.1) is 6.92 Å². The third-order valence-electron chi connectivity index (χ3n) is 5.03. The number of hydrogen-bond acceptors (Lipinski definition) is 3. The average molecular weight is 359 g/mol. The molecule has 4 rings (SSSR count). The van der Waals surface area contributed by atoms with Crippen molar-refractivity contribution in [2.75, 3.05) is 18.4 Å². The molecule has 1 aliphatic heterocycles. The Morgan fingerprint density at radius 1 is 0.963 bits per heavy atom. The molecule has 0 unspecified atom stereocenters. The third kappa shape index (κ3) is 3.28. The number of benzene rings is 2. The van der Waals surface area contributed by atoms with Gasteiger partial charge in [-0.25, -0.2) is 0 Å². The summed E-state index contributed by atoms with van der Waals surface area (Å²) in [6, 6.07) is 14.7. The van der Waals surface area contributed by atoms with E-state index in [0.29, 0.717) is 16.8 Å². The van der Waals surface area contributed by atoms with Gasteiger partial charge in [0.25, 0.3) is 11.8 Å². The van der Waals surface area contributed by atoms with Crippen molar-refractivity contribution in [1.82, 2.24) is 9.88 Å². The largest absolute Gasteiger partial charge is 0.339 e. The van der Waals surface area contributed by atoms with Crippen LogP contribution in [-0.4, -0.2) is 34.8 Å². The summed E-state index contributed by atoms with van der Waals surface area (Å²) < 4.78 is 0. The number of aromatic nitrogens is 1. The summed E-state index contributed by atoms with van der Waals surface area (Å²) in [6.45, 7) is 3.45. The van der Waals surface area contributed by atoms with E-state index < -0.39 is 0 Å². The van der Waals surface area contributed by atoms with Gasteiger partial charge in [-0.15, -0.1) is 0 Å². The maximum atomic E-state index is 13.0. The van der Waals surface area contributed by atoms with Gasteiger partial charge in [-0.05, 0) is 49.6 Å². The lowest BCUT2D eigenvalue weighted by Crippen LogP contribution is -2.29. The maximum absolute atomic E-state index is 13.0. The molecule has 2 amide bonds. The average Bonchev–Trinajstić information content (AvgIpc) is 3.23. The van der Waals surface area contributed by atoms with Crippen molar-refractivity contribution in [2.45, 2.75) is 19.8 Å². The van der Waals surface area contributed by atoms with E-state index >= 15 is 0 Å². The molecule has 0 saturated carbocycles. The van der Waals surface area contributed by atoms with Crippen LogP contribution in [0.5, 0.6) is 0 Å². The Bertz CT molecular complexity index is 1020. The Balaban J connectivity index is 1.70. The van der Waals surface area contributed by atoms with Crippen LogP contribution in [0.4, 0.5) is 5.69 Å². The van der Waals surface area contributed by atoms with Gasteiger partial charge in [0, 0.05) is 30.2 Å². The maximum Gasteiger partial charge on any atom is 0.256 e. The van der Waals surface area contributed by atoms with Crippen molar-refractivity contribution in [3.8, 4) is 0 Å². The Kier molecular flexibility index (Phi) is 4.59. The minimum absolute atomic E-state index is 0.0221. The highest BCUT2D eigenvalue weighted by Gasteiger charge is 2.23. The highest BCUT2D eigenvalue weighted by Crippen LogP contribution is 2.25. The second kappa shape index (κ2) is 7.19. The van der Waals surface area contributed by atoms with Crippen LogP contribution in [0.2, 0.25) is 0 Å². The molecular formula is C22H21N3O2. The molecule has 1 saturated heterocycles. The van der Waals surface area contributed by atoms with E-state index in [1.54, 1.807) is 18.3 Å². The molecule has 0 atom stereocenters. The van der Waals surface area contributed by atoms with E-state index in [2.05, 4.69) is 10.3 Å². The van der Waals surface area contributed by atoms with Crippen LogP contribution in [0.15, 0.2) is 54.7 Å². The van der Waals surface area contributed by atoms with Gasteiger partial charge in [-0.2, -0.15) is 0 Å². The zero-order valence-electron chi connectivity index (χ0n) is 15.2. The van der Waals surface area contributed by atoms with Crippen molar-refractivity contribution in [2.24, 2.45) is 0 Å². The Morgan fingerprint density at radius 2 is 1.70 bits per heavy atom. The monoisotopic (exact) mass is 359 g/mol. The van der Waals surface area contributed by atoms with E-state index in [1.165, 1.54) is 0 Å². The SMILES string of the molecule is Cc1cccc(C(=O)N2CCCC2)c1NC(=O)c1cccc2ncccc12. The van der Waals surface area contributed by atoms with Crippen LogP contribution in [0.25, 0.3) is 10.9 Å². The zero-order valence-corrected chi connectivity index (χ0v) is 15.2. The highest BCUT2D eigenvalue weighted by molar-refractivity contribution is 6.14. The Labute approximate surface area is 158 Å². The Morgan fingerprint density at radius 3 is 2.52 bits per heavy atom. The van der Waals surface area contributed by atoms with Gasteiger partial charge in [0.2, 0.25) is 0 Å². The number of anilines is 1. The van der Waals surface area contributed by atoms with Gasteiger partial charge in [0.15, 0.2) is 0 Å². The van der Waals surface area contributed by atoms with Gasteiger partial charge in [0.05, 0.1) is 16.8 Å². The number of amides is 2. The number of nitrogens with one attached hydrogen (secondary N) is 1. The van der Waals surface area contributed by atoms with Crippen LogP contribution >= 0.6 is 0 Å². The number of rotatable bonds is 3. The smallest absolute Gasteiger partial charge is 0.256 e. The molecule has 1 fully saturated rings. The van der Waals surface area contributed by atoms with Crippen LogP contribution in [0.1, 0.15) is 39.1 Å². The van der Waals surface area contributed by atoms with E-state index in [1.807, 2.05) is 48.2 Å². The number of aryl methyl sites for hydroxylation is 1. The van der Waals surface area contributed by atoms with Gasteiger partial charge in [-0.1, -0.05) is 24.3 Å². The molecule has 0 bridgehead atoms. The summed E-state index contributed by atoms with van der Waals surface area (Å²) in [7, 11) is 0. The summed E-state index contributed by atoms with van der Waals surface area (Å²) in [5.41, 5.74) is 3.31. The van der Waals surface area contributed by atoms with Crippen LogP contribution < -0.4 is 5.32 Å². The van der Waals surface area contributed by atoms with Crippen molar-refractivity contribution in [3.05, 3.63) is 71.4 Å². The molecular weight excluding hydrogens is 338 g/mol. The number of carbonyl (C=O) groups is 2. The molecule has 3 aromatic rings. The van der Waals surface area contributed by atoms with Crippen molar-refractivity contribution in [3.63, 3.8) is 0 Å². The lowest BCUT2D eigenvalue weighted by molar-refractivity contribution is 0.0794. The fourth-order valence-electron chi connectivity index (χ4n) is 3.58. The zero-order chi connectivity index (χ0) is 18.8. The predicted molar refractivity (Wildman–Crippen MR) is 106 cm³/mol. The number of fused-ring (bicyclic) bond motifs is 1. The molecule has 5 nitrogen and oxygen atoms in total. The number of hydrogen-bond donors (Lipinski definition) is 1. The van der Waals surface area contributed by atoms with Crippen LogP contribution in [0.3, 0.4) is 0 Å². The second-order valence-corrected chi connectivity index (χ2v) is 6.83. The lowest BCUT2D eigenvalue weighted by atomic mass is 10.0. The first-order chi connectivity index (χ1) is 13.1. The third-order valence-corrected chi connectivity index (χ3v) is 5.03. The summed E-state index contributed by atoms with van der Waals surface area (Å²) in [5.74, 6) is -0.260. The van der Waals surface area contributed by atoms with Gasteiger partial charge in [0.1, 0.15) is 0 Å². The molecule has 5 heteroatoms. The molecule has 2 heterocycles. The first-order valence-corrected chi connectivity index (χ1v) is 9.19. The number of carbonyl (C=O) groups excluding carboxylic acids is 2. The minimum atomic E-state index is -0.238. The quantitative estimate of drug-likeness (QED) is 0.768. The summed E-state index contributed by atoms with van der Waals surface area (Å²) in [5, 5.41) is 3.77. The van der Waals surface area contributed by atoms with Gasteiger partial charge >= 0.3 is 0 Å². The predicted octanol–water partition coefficient (Wildman–Crippen LogP) is 4.03. The van der Waals surface area contributed by atoms with Crippen LogP contribution in [-0.2, 0) is 0 Å². The van der Waals surface area contributed by atoms with E-state index in [0.717, 1.165) is 42.4 Å². The summed E-state index contributed by atoms with van der Waals surface area (Å²) in [4.78, 5) is 32.1. The fourth-order valence-corrected chi connectivity index (χ4v) is 3.58. The van der Waals surface area contributed by atoms with E-state index in [4.69, 9.17) is 0 Å². The Hall–Kier alpha value is -3.21. The van der Waals surface area contributed by atoms with Crippen molar-refractivity contribution in [1.29, 1.82) is 0 Å². The molecule has 0 spiro atoms. The van der Waals surface area contributed by atoms with Crippen molar-refractivity contribution < 1.29 is 9.59 Å². The van der Waals surface area contributed by atoms with Gasteiger partial charge in [-0.3, -0.25) is 14.6 Å². The first-order valence-electron chi connectivity index (χ1n) is 9.19. The van der Waals surface area contributed by atoms with Gasteiger partial charge < -0.3 is 10.2 Å². The molecule has 1 aliphatic rings. The number of likely N-dealkylation sites (tertiary alicyclic amines) is 1. The topological polar surface area (TPSA) is 62.3 Å². The van der Waals surface area contributed by atoms with Crippen molar-refractivity contribution >= 4 is 28.4 Å².